The highest BCUT2D eigenvalue weighted by molar-refractivity contribution is 9.11. The van der Waals surface area contributed by atoms with Crippen LogP contribution in [-0.2, 0) is 6.54 Å². The van der Waals surface area contributed by atoms with Gasteiger partial charge >= 0.3 is 0 Å². The fourth-order valence-electron chi connectivity index (χ4n) is 1.82. The van der Waals surface area contributed by atoms with Crippen LogP contribution in [0, 0.1) is 10.1 Å². The van der Waals surface area contributed by atoms with Gasteiger partial charge in [-0.15, -0.1) is 11.3 Å². The van der Waals surface area contributed by atoms with E-state index in [0.717, 1.165) is 9.35 Å². The van der Waals surface area contributed by atoms with Gasteiger partial charge in [0, 0.05) is 24.7 Å². The van der Waals surface area contributed by atoms with Crippen LogP contribution in [0.15, 0.2) is 33.4 Å². The molecule has 0 aliphatic carbocycles. The number of carbonyl (C=O) groups excluding carboxylic acids is 1. The van der Waals surface area contributed by atoms with Crippen molar-refractivity contribution >= 4 is 50.5 Å². The first-order chi connectivity index (χ1) is 9.88. The summed E-state index contributed by atoms with van der Waals surface area (Å²) < 4.78 is 0.968. The summed E-state index contributed by atoms with van der Waals surface area (Å²) in [6.45, 7) is 0.376. The number of rotatable bonds is 4. The third-order valence-electron chi connectivity index (χ3n) is 2.78. The molecule has 21 heavy (non-hydrogen) atoms. The topological polar surface area (TPSA) is 63.5 Å². The summed E-state index contributed by atoms with van der Waals surface area (Å²) in [6.07, 6.45) is 0. The molecule has 2 aromatic rings. The molecular formula is C13H10BrClN2O3S. The van der Waals surface area contributed by atoms with Crippen molar-refractivity contribution < 1.29 is 9.72 Å². The van der Waals surface area contributed by atoms with Crippen molar-refractivity contribution in [1.29, 1.82) is 0 Å². The standard InChI is InChI=1S/C13H10BrClN2O3S/c1-16(6-8-4-12(14)21-7-8)13(18)10-3-2-9(15)5-11(10)17(19)20/h2-5,7H,6H2,1H3. The smallest absolute Gasteiger partial charge is 0.283 e. The molecule has 0 bridgehead atoms. The molecule has 110 valence electrons. The van der Waals surface area contributed by atoms with E-state index in [1.165, 1.54) is 34.4 Å². The summed E-state index contributed by atoms with van der Waals surface area (Å²) in [4.78, 5) is 24.2. The SMILES string of the molecule is CN(Cc1csc(Br)c1)C(=O)c1ccc(Cl)cc1[N+](=O)[O-]. The first-order valence-electron chi connectivity index (χ1n) is 5.81. The Morgan fingerprint density at radius 2 is 2.19 bits per heavy atom. The number of halogens is 2. The lowest BCUT2D eigenvalue weighted by Crippen LogP contribution is -2.26. The van der Waals surface area contributed by atoms with Crippen LogP contribution in [0.25, 0.3) is 0 Å². The zero-order chi connectivity index (χ0) is 15.6. The van der Waals surface area contributed by atoms with Crippen molar-refractivity contribution in [1.82, 2.24) is 4.90 Å². The number of nitro groups is 1. The van der Waals surface area contributed by atoms with Crippen molar-refractivity contribution in [3.63, 3.8) is 0 Å². The molecule has 0 atom stereocenters. The van der Waals surface area contributed by atoms with Crippen LogP contribution in [0.1, 0.15) is 15.9 Å². The molecule has 8 heteroatoms. The highest BCUT2D eigenvalue weighted by Gasteiger charge is 2.23. The molecule has 0 fully saturated rings. The van der Waals surface area contributed by atoms with Gasteiger partial charge in [-0.1, -0.05) is 11.6 Å². The number of carbonyl (C=O) groups is 1. The Kier molecular flexibility index (Phi) is 4.97. The average Bonchev–Trinajstić information content (AvgIpc) is 2.83. The van der Waals surface area contributed by atoms with E-state index >= 15 is 0 Å². The van der Waals surface area contributed by atoms with E-state index in [-0.39, 0.29) is 16.3 Å². The van der Waals surface area contributed by atoms with Gasteiger partial charge in [-0.2, -0.15) is 0 Å². The van der Waals surface area contributed by atoms with Crippen molar-refractivity contribution in [2.45, 2.75) is 6.54 Å². The molecule has 0 aliphatic heterocycles. The first kappa shape index (κ1) is 15.9. The lowest BCUT2D eigenvalue weighted by Gasteiger charge is -2.16. The predicted octanol–water partition coefficient (Wildman–Crippen LogP) is 4.34. The van der Waals surface area contributed by atoms with E-state index in [1.807, 2.05) is 11.4 Å². The Bertz CT molecular complexity index is 704. The van der Waals surface area contributed by atoms with Crippen LogP contribution in [-0.4, -0.2) is 22.8 Å². The molecule has 1 aromatic carbocycles. The predicted molar refractivity (Wildman–Crippen MR) is 85.9 cm³/mol. The highest BCUT2D eigenvalue weighted by atomic mass is 79.9. The maximum atomic E-state index is 12.4. The second kappa shape index (κ2) is 6.55. The number of amides is 1. The minimum atomic E-state index is -0.603. The van der Waals surface area contributed by atoms with E-state index in [9.17, 15) is 14.9 Å². The maximum absolute atomic E-state index is 12.4. The van der Waals surface area contributed by atoms with Crippen LogP contribution in [0.4, 0.5) is 5.69 Å². The van der Waals surface area contributed by atoms with Gasteiger partial charge in [0.1, 0.15) is 5.56 Å². The van der Waals surface area contributed by atoms with Gasteiger partial charge in [-0.25, -0.2) is 0 Å². The third-order valence-corrected chi connectivity index (χ3v) is 4.56. The molecule has 2 rings (SSSR count). The van der Waals surface area contributed by atoms with Crippen LogP contribution < -0.4 is 0 Å². The van der Waals surface area contributed by atoms with Gasteiger partial charge in [0.15, 0.2) is 0 Å². The van der Waals surface area contributed by atoms with Crippen LogP contribution >= 0.6 is 38.9 Å². The summed E-state index contributed by atoms with van der Waals surface area (Å²) in [5, 5.41) is 13.2. The minimum Gasteiger partial charge on any atom is -0.337 e. The summed E-state index contributed by atoms with van der Waals surface area (Å²) >= 11 is 10.6. The molecule has 0 saturated heterocycles. The zero-order valence-electron chi connectivity index (χ0n) is 10.9. The van der Waals surface area contributed by atoms with Crippen molar-refractivity contribution in [2.24, 2.45) is 0 Å². The summed E-state index contributed by atoms with van der Waals surface area (Å²) in [5.41, 5.74) is 0.700. The molecule has 0 aliphatic rings. The Morgan fingerprint density at radius 3 is 2.76 bits per heavy atom. The summed E-state index contributed by atoms with van der Waals surface area (Å²) in [7, 11) is 1.60. The second-order valence-corrected chi connectivity index (χ2v) is 7.07. The minimum absolute atomic E-state index is 0.0289. The Morgan fingerprint density at radius 1 is 1.48 bits per heavy atom. The van der Waals surface area contributed by atoms with E-state index in [2.05, 4.69) is 15.9 Å². The molecular weight excluding hydrogens is 380 g/mol. The van der Waals surface area contributed by atoms with Crippen molar-refractivity contribution in [3.05, 3.63) is 59.7 Å². The molecule has 1 heterocycles. The molecule has 1 aromatic heterocycles. The van der Waals surface area contributed by atoms with Gasteiger partial charge < -0.3 is 4.90 Å². The van der Waals surface area contributed by atoms with Gasteiger partial charge in [0.05, 0.1) is 8.71 Å². The van der Waals surface area contributed by atoms with Gasteiger partial charge in [0.2, 0.25) is 0 Å². The Hall–Kier alpha value is -1.44. The highest BCUT2D eigenvalue weighted by Crippen LogP contribution is 2.26. The lowest BCUT2D eigenvalue weighted by atomic mass is 10.1. The van der Waals surface area contributed by atoms with E-state index in [1.54, 1.807) is 7.05 Å². The fraction of sp³-hybridized carbons (Fsp3) is 0.154. The monoisotopic (exact) mass is 388 g/mol. The largest absolute Gasteiger partial charge is 0.337 e. The molecule has 0 unspecified atom stereocenters. The van der Waals surface area contributed by atoms with E-state index in [0.29, 0.717) is 6.54 Å². The van der Waals surface area contributed by atoms with Crippen molar-refractivity contribution in [2.75, 3.05) is 7.05 Å². The molecule has 5 nitrogen and oxygen atoms in total. The van der Waals surface area contributed by atoms with E-state index in [4.69, 9.17) is 11.6 Å². The molecule has 1 amide bonds. The van der Waals surface area contributed by atoms with Gasteiger partial charge in [-0.05, 0) is 45.1 Å². The number of hydrogen-bond donors (Lipinski definition) is 0. The Balaban J connectivity index is 2.25. The molecule has 0 saturated carbocycles. The average molecular weight is 390 g/mol. The first-order valence-corrected chi connectivity index (χ1v) is 7.86. The van der Waals surface area contributed by atoms with Crippen LogP contribution in [0.3, 0.4) is 0 Å². The molecule has 0 radical (unpaired) electrons. The summed E-state index contributed by atoms with van der Waals surface area (Å²) in [6, 6.07) is 5.94. The number of thiophene rings is 1. The van der Waals surface area contributed by atoms with Crippen LogP contribution in [0.5, 0.6) is 0 Å². The zero-order valence-corrected chi connectivity index (χ0v) is 14.0. The maximum Gasteiger partial charge on any atom is 0.283 e. The molecule has 0 N–H and O–H groups in total. The quantitative estimate of drug-likeness (QED) is 0.577. The van der Waals surface area contributed by atoms with Gasteiger partial charge in [0.25, 0.3) is 11.6 Å². The van der Waals surface area contributed by atoms with Crippen molar-refractivity contribution in [3.8, 4) is 0 Å². The normalized spacial score (nSPS) is 10.4. The van der Waals surface area contributed by atoms with Crippen LogP contribution in [0.2, 0.25) is 5.02 Å². The fourth-order valence-corrected chi connectivity index (χ4v) is 3.18. The number of nitro benzene ring substituents is 1. The lowest BCUT2D eigenvalue weighted by molar-refractivity contribution is -0.385. The molecule has 0 spiro atoms. The van der Waals surface area contributed by atoms with E-state index < -0.39 is 10.8 Å². The third kappa shape index (κ3) is 3.81. The number of benzene rings is 1. The second-order valence-electron chi connectivity index (χ2n) is 4.34. The number of hydrogen-bond acceptors (Lipinski definition) is 4. The van der Waals surface area contributed by atoms with Gasteiger partial charge in [-0.3, -0.25) is 14.9 Å². The number of nitrogens with zero attached hydrogens (tertiary/aromatic N) is 2. The summed E-state index contributed by atoms with van der Waals surface area (Å²) in [5.74, 6) is -0.416. The Labute approximate surface area is 138 Å².